The Morgan fingerprint density at radius 2 is 2.00 bits per heavy atom. The number of hydrogen-bond donors (Lipinski definition) is 0. The van der Waals surface area contributed by atoms with Crippen LogP contribution < -0.4 is 0 Å². The Bertz CT molecular complexity index is 275. The number of fused-ring (bicyclic) bond motifs is 1. The smallest absolute Gasteiger partial charge is 0.312 e. The van der Waals surface area contributed by atoms with E-state index >= 15 is 0 Å². The van der Waals surface area contributed by atoms with Gasteiger partial charge in [-0.25, -0.2) is 0 Å². The molecule has 0 N–H and O–H groups in total. The molecule has 0 bridgehead atoms. The van der Waals surface area contributed by atoms with Gasteiger partial charge in [0, 0.05) is 6.92 Å². The lowest BCUT2D eigenvalue weighted by molar-refractivity contribution is -0.187. The lowest BCUT2D eigenvalue weighted by Gasteiger charge is -2.29. The van der Waals surface area contributed by atoms with Crippen molar-refractivity contribution in [3.63, 3.8) is 0 Å². The fraction of sp³-hybridized carbons (Fsp3) is 0.889. The summed E-state index contributed by atoms with van der Waals surface area (Å²) >= 11 is 3.27. The molecule has 1 aliphatic heterocycles. The van der Waals surface area contributed by atoms with E-state index in [1.165, 1.54) is 6.92 Å². The van der Waals surface area contributed by atoms with Crippen molar-refractivity contribution in [1.82, 2.24) is 0 Å². The number of rotatable bonds is 0. The maximum atomic E-state index is 13.6. The van der Waals surface area contributed by atoms with Crippen LogP contribution in [0.5, 0.6) is 0 Å². The molecule has 0 unspecified atom stereocenters. The number of esters is 1. The maximum Gasteiger partial charge on any atom is 0.312 e. The van der Waals surface area contributed by atoms with Crippen molar-refractivity contribution in [1.29, 1.82) is 0 Å². The van der Waals surface area contributed by atoms with Crippen LogP contribution in [-0.4, -0.2) is 16.7 Å². The molecular weight excluding hydrogens is 239 g/mol. The Kier molecular flexibility index (Phi) is 1.65. The molecule has 1 saturated carbocycles. The van der Waals surface area contributed by atoms with Crippen LogP contribution in [-0.2, 0) is 9.53 Å². The first kappa shape index (κ1) is 9.44. The van der Waals surface area contributed by atoms with Gasteiger partial charge in [0.1, 0.15) is 0 Å². The minimum Gasteiger partial charge on any atom is -0.427 e. The van der Waals surface area contributed by atoms with E-state index in [0.717, 1.165) is 0 Å². The van der Waals surface area contributed by atoms with Crippen LogP contribution in [0.15, 0.2) is 0 Å². The Morgan fingerprint density at radius 3 is 2.54 bits per heavy atom. The minimum absolute atomic E-state index is 0.0729. The average Bonchev–Trinajstić information content (AvgIpc) is 2.49. The van der Waals surface area contributed by atoms with Gasteiger partial charge in [0.05, 0.1) is 10.7 Å². The fourth-order valence-electron chi connectivity index (χ4n) is 2.31. The van der Waals surface area contributed by atoms with E-state index in [-0.39, 0.29) is 22.1 Å². The standard InChI is InChI=1S/C9H12BrFO2/c1-8(2)4-5(8)7(12)13-9(3,11)6(4)10/h4-6H,1-3H3/t4-,5+,6+,9+/m1/s1. The summed E-state index contributed by atoms with van der Waals surface area (Å²) in [5.41, 5.74) is -0.116. The molecule has 13 heavy (non-hydrogen) atoms. The highest BCUT2D eigenvalue weighted by atomic mass is 79.9. The van der Waals surface area contributed by atoms with Crippen molar-refractivity contribution in [3.05, 3.63) is 0 Å². The second kappa shape index (κ2) is 2.27. The Hall–Kier alpha value is -0.120. The molecule has 2 fully saturated rings. The normalized spacial score (nSPS) is 52.4. The third kappa shape index (κ3) is 1.07. The zero-order valence-electron chi connectivity index (χ0n) is 7.80. The molecule has 0 spiro atoms. The molecule has 2 rings (SSSR count). The number of hydrogen-bond acceptors (Lipinski definition) is 2. The molecule has 2 aliphatic rings. The highest BCUT2D eigenvalue weighted by molar-refractivity contribution is 9.09. The first-order valence-corrected chi connectivity index (χ1v) is 5.26. The van der Waals surface area contributed by atoms with Crippen LogP contribution in [0, 0.1) is 17.3 Å². The van der Waals surface area contributed by atoms with Crippen molar-refractivity contribution in [2.24, 2.45) is 17.3 Å². The van der Waals surface area contributed by atoms with E-state index in [0.29, 0.717) is 0 Å². The molecule has 0 amide bonds. The number of carbonyl (C=O) groups is 1. The number of alkyl halides is 2. The van der Waals surface area contributed by atoms with Gasteiger partial charge in [-0.15, -0.1) is 0 Å². The molecule has 0 radical (unpaired) electrons. The quantitative estimate of drug-likeness (QED) is 0.487. The second-order valence-electron chi connectivity index (χ2n) is 4.63. The lowest BCUT2D eigenvalue weighted by atomic mass is 10.0. The number of halogens is 2. The summed E-state index contributed by atoms with van der Waals surface area (Å²) in [6.45, 7) is 5.24. The molecule has 1 saturated heterocycles. The number of ether oxygens (including phenoxy) is 1. The monoisotopic (exact) mass is 250 g/mol. The van der Waals surface area contributed by atoms with E-state index in [1.54, 1.807) is 0 Å². The van der Waals surface area contributed by atoms with Gasteiger partial charge in [-0.3, -0.25) is 4.79 Å². The molecule has 0 aromatic heterocycles. The molecule has 4 heteroatoms. The van der Waals surface area contributed by atoms with Crippen molar-refractivity contribution in [3.8, 4) is 0 Å². The molecule has 4 atom stereocenters. The molecule has 1 heterocycles. The molecule has 1 aliphatic carbocycles. The summed E-state index contributed by atoms with van der Waals surface area (Å²) in [5, 5.41) is 0. The highest BCUT2D eigenvalue weighted by Crippen LogP contribution is 2.66. The Labute approximate surface area is 85.0 Å². The zero-order valence-corrected chi connectivity index (χ0v) is 9.39. The van der Waals surface area contributed by atoms with Crippen LogP contribution in [0.1, 0.15) is 20.8 Å². The summed E-state index contributed by atoms with van der Waals surface area (Å²) in [4.78, 5) is 11.0. The summed E-state index contributed by atoms with van der Waals surface area (Å²) in [6, 6.07) is 0. The zero-order chi connectivity index (χ0) is 10.0. The average molecular weight is 251 g/mol. The lowest BCUT2D eigenvalue weighted by Crippen LogP contribution is -2.42. The van der Waals surface area contributed by atoms with Crippen LogP contribution in [0.25, 0.3) is 0 Å². The first-order valence-electron chi connectivity index (χ1n) is 4.34. The van der Waals surface area contributed by atoms with Crippen molar-refractivity contribution in [2.45, 2.75) is 31.5 Å². The third-order valence-electron chi connectivity index (χ3n) is 3.27. The number of carbonyl (C=O) groups excluding carboxylic acids is 1. The van der Waals surface area contributed by atoms with Gasteiger partial charge in [-0.1, -0.05) is 29.8 Å². The van der Waals surface area contributed by atoms with E-state index < -0.39 is 11.8 Å². The van der Waals surface area contributed by atoms with E-state index in [2.05, 4.69) is 15.9 Å². The van der Waals surface area contributed by atoms with Crippen LogP contribution >= 0.6 is 15.9 Å². The summed E-state index contributed by atoms with van der Waals surface area (Å²) in [6.07, 6.45) is 0. The molecular formula is C9H12BrFO2. The van der Waals surface area contributed by atoms with Crippen LogP contribution in [0.4, 0.5) is 4.39 Å². The highest BCUT2D eigenvalue weighted by Gasteiger charge is 2.72. The predicted octanol–water partition coefficient (Wildman–Crippen LogP) is 2.26. The second-order valence-corrected chi connectivity index (χ2v) is 5.62. The Balaban J connectivity index is 2.30. The first-order chi connectivity index (χ1) is 5.78. The summed E-state index contributed by atoms with van der Waals surface area (Å²) in [7, 11) is 0. The molecule has 0 aromatic rings. The molecule has 74 valence electrons. The van der Waals surface area contributed by atoms with Gasteiger partial charge in [-0.05, 0) is 11.3 Å². The van der Waals surface area contributed by atoms with E-state index in [1.807, 2.05) is 13.8 Å². The maximum absolute atomic E-state index is 13.6. The van der Waals surface area contributed by atoms with Crippen molar-refractivity contribution < 1.29 is 13.9 Å². The van der Waals surface area contributed by atoms with Crippen LogP contribution in [0.3, 0.4) is 0 Å². The summed E-state index contributed by atoms with van der Waals surface area (Å²) in [5.74, 6) is -2.30. The summed E-state index contributed by atoms with van der Waals surface area (Å²) < 4.78 is 18.4. The predicted molar refractivity (Wildman–Crippen MR) is 49.1 cm³/mol. The van der Waals surface area contributed by atoms with Gasteiger partial charge >= 0.3 is 5.97 Å². The van der Waals surface area contributed by atoms with Crippen molar-refractivity contribution >= 4 is 21.9 Å². The minimum atomic E-state index is -1.86. The van der Waals surface area contributed by atoms with Gasteiger partial charge in [0.2, 0.25) is 0 Å². The Morgan fingerprint density at radius 1 is 1.46 bits per heavy atom. The number of cyclic esters (lactones) is 1. The molecule has 2 nitrogen and oxygen atoms in total. The van der Waals surface area contributed by atoms with Gasteiger partial charge in [-0.2, -0.15) is 4.39 Å². The SMILES string of the molecule is CC1(C)[C@@H]2[C@H]1C(=O)O[C@](C)(F)[C@H]2Br. The third-order valence-corrected chi connectivity index (χ3v) is 4.66. The largest absolute Gasteiger partial charge is 0.427 e. The van der Waals surface area contributed by atoms with Gasteiger partial charge in [0.15, 0.2) is 0 Å². The van der Waals surface area contributed by atoms with E-state index in [4.69, 9.17) is 4.74 Å². The van der Waals surface area contributed by atoms with Crippen LogP contribution in [0.2, 0.25) is 0 Å². The van der Waals surface area contributed by atoms with E-state index in [9.17, 15) is 9.18 Å². The topological polar surface area (TPSA) is 26.3 Å². The van der Waals surface area contributed by atoms with Gasteiger partial charge in [0.25, 0.3) is 5.85 Å². The van der Waals surface area contributed by atoms with Crippen molar-refractivity contribution in [2.75, 3.05) is 0 Å². The van der Waals surface area contributed by atoms with Gasteiger partial charge < -0.3 is 4.74 Å². The fourth-order valence-corrected chi connectivity index (χ4v) is 3.39. The molecule has 0 aromatic carbocycles.